The number of fused-ring (bicyclic) bond motifs is 1. The standard InChI is InChI=1S/C19H17F3N2O3/c1-2-24(17(25)13-4-3-9-23-16(13)19(20,21)22)15-8-7-11-5-6-12(18(26)27)10-14(11)15/h3-6,9-10,15H,2,7-8H2,1H3,(H,26,27)/t15-/m1/s1. The van der Waals surface area contributed by atoms with E-state index in [4.69, 9.17) is 0 Å². The fourth-order valence-electron chi connectivity index (χ4n) is 3.50. The van der Waals surface area contributed by atoms with Crippen LogP contribution in [0, 0.1) is 0 Å². The first-order valence-corrected chi connectivity index (χ1v) is 8.43. The lowest BCUT2D eigenvalue weighted by Gasteiger charge is -2.29. The fourth-order valence-corrected chi connectivity index (χ4v) is 3.50. The van der Waals surface area contributed by atoms with Gasteiger partial charge in [-0.15, -0.1) is 0 Å². The largest absolute Gasteiger partial charge is 0.478 e. The van der Waals surface area contributed by atoms with Gasteiger partial charge in [-0.2, -0.15) is 13.2 Å². The minimum Gasteiger partial charge on any atom is -0.478 e. The van der Waals surface area contributed by atoms with Crippen molar-refractivity contribution < 1.29 is 27.9 Å². The maximum Gasteiger partial charge on any atom is 0.434 e. The van der Waals surface area contributed by atoms with Gasteiger partial charge in [0.25, 0.3) is 5.91 Å². The molecule has 1 aromatic carbocycles. The Bertz CT molecular complexity index is 896. The Morgan fingerprint density at radius 2 is 2.04 bits per heavy atom. The first-order chi connectivity index (χ1) is 12.7. The van der Waals surface area contributed by atoms with E-state index in [0.29, 0.717) is 18.4 Å². The number of carbonyl (C=O) groups is 2. The molecule has 8 heteroatoms. The Balaban J connectivity index is 2.00. The van der Waals surface area contributed by atoms with Crippen LogP contribution in [0.4, 0.5) is 13.2 Å². The van der Waals surface area contributed by atoms with E-state index < -0.39 is 35.4 Å². The van der Waals surface area contributed by atoms with E-state index in [9.17, 15) is 27.9 Å². The number of pyridine rings is 1. The van der Waals surface area contributed by atoms with Crippen molar-refractivity contribution in [1.82, 2.24) is 9.88 Å². The number of aromatic nitrogens is 1. The first-order valence-electron chi connectivity index (χ1n) is 8.43. The van der Waals surface area contributed by atoms with Crippen LogP contribution in [0.2, 0.25) is 0 Å². The highest BCUT2D eigenvalue weighted by Crippen LogP contribution is 2.38. The van der Waals surface area contributed by atoms with Crippen molar-refractivity contribution in [2.75, 3.05) is 6.54 Å². The SMILES string of the molecule is CCN(C(=O)c1cccnc1C(F)(F)F)[C@@H]1CCc2ccc(C(=O)O)cc21. The van der Waals surface area contributed by atoms with Gasteiger partial charge in [0.05, 0.1) is 17.2 Å². The number of carbonyl (C=O) groups excluding carboxylic acids is 1. The number of halogens is 3. The van der Waals surface area contributed by atoms with Crippen LogP contribution in [-0.2, 0) is 12.6 Å². The van der Waals surface area contributed by atoms with Crippen LogP contribution in [0.25, 0.3) is 0 Å². The summed E-state index contributed by atoms with van der Waals surface area (Å²) in [4.78, 5) is 28.9. The molecule has 0 aliphatic heterocycles. The van der Waals surface area contributed by atoms with E-state index in [0.717, 1.165) is 17.8 Å². The molecule has 0 radical (unpaired) electrons. The molecule has 5 nitrogen and oxygen atoms in total. The molecule has 1 N–H and O–H groups in total. The molecule has 0 bridgehead atoms. The lowest BCUT2D eigenvalue weighted by Crippen LogP contribution is -2.35. The van der Waals surface area contributed by atoms with Crippen LogP contribution in [0.3, 0.4) is 0 Å². The van der Waals surface area contributed by atoms with Gasteiger partial charge in [-0.1, -0.05) is 6.07 Å². The number of alkyl halides is 3. The molecule has 0 unspecified atom stereocenters. The second-order valence-electron chi connectivity index (χ2n) is 6.26. The van der Waals surface area contributed by atoms with Gasteiger partial charge in [-0.25, -0.2) is 4.79 Å². The zero-order valence-corrected chi connectivity index (χ0v) is 14.5. The number of amides is 1. The van der Waals surface area contributed by atoms with E-state index in [2.05, 4.69) is 4.98 Å². The number of carboxylic acid groups (broad SMARTS) is 1. The van der Waals surface area contributed by atoms with Crippen molar-refractivity contribution in [3.8, 4) is 0 Å². The second kappa shape index (κ2) is 7.02. The summed E-state index contributed by atoms with van der Waals surface area (Å²) in [5.41, 5.74) is -0.0665. The summed E-state index contributed by atoms with van der Waals surface area (Å²) in [6.07, 6.45) is -2.59. The third-order valence-corrected chi connectivity index (χ3v) is 4.72. The van der Waals surface area contributed by atoms with Crippen LogP contribution in [0.1, 0.15) is 56.9 Å². The molecule has 0 fully saturated rings. The van der Waals surface area contributed by atoms with Gasteiger partial charge < -0.3 is 10.0 Å². The van der Waals surface area contributed by atoms with Gasteiger partial charge in [-0.3, -0.25) is 9.78 Å². The van der Waals surface area contributed by atoms with Gasteiger partial charge in [0.2, 0.25) is 0 Å². The molecule has 1 amide bonds. The van der Waals surface area contributed by atoms with Gasteiger partial charge in [0, 0.05) is 12.7 Å². The van der Waals surface area contributed by atoms with Crippen molar-refractivity contribution >= 4 is 11.9 Å². The molecule has 2 aromatic rings. The smallest absolute Gasteiger partial charge is 0.434 e. The van der Waals surface area contributed by atoms with Crippen LogP contribution in [0.5, 0.6) is 0 Å². The molecule has 0 saturated carbocycles. The summed E-state index contributed by atoms with van der Waals surface area (Å²) in [5, 5.41) is 9.20. The topological polar surface area (TPSA) is 70.5 Å². The highest BCUT2D eigenvalue weighted by molar-refractivity contribution is 5.96. The van der Waals surface area contributed by atoms with Crippen molar-refractivity contribution in [1.29, 1.82) is 0 Å². The number of nitrogens with zero attached hydrogens (tertiary/aromatic N) is 2. The number of aromatic carboxylic acids is 1. The average Bonchev–Trinajstić information content (AvgIpc) is 3.04. The number of hydrogen-bond acceptors (Lipinski definition) is 3. The first kappa shape index (κ1) is 18.9. The lowest BCUT2D eigenvalue weighted by atomic mass is 10.0. The molecule has 1 aliphatic carbocycles. The number of benzene rings is 1. The summed E-state index contributed by atoms with van der Waals surface area (Å²) >= 11 is 0. The van der Waals surface area contributed by atoms with E-state index in [-0.39, 0.29) is 12.1 Å². The molecule has 0 saturated heterocycles. The Labute approximate surface area is 153 Å². The van der Waals surface area contributed by atoms with Crippen molar-refractivity contribution in [3.63, 3.8) is 0 Å². The van der Waals surface area contributed by atoms with Gasteiger partial charge in [-0.05, 0) is 55.2 Å². The van der Waals surface area contributed by atoms with Crippen molar-refractivity contribution in [2.45, 2.75) is 32.0 Å². The number of rotatable bonds is 4. The van der Waals surface area contributed by atoms with Crippen LogP contribution in [-0.4, -0.2) is 33.4 Å². The van der Waals surface area contributed by atoms with E-state index in [1.165, 1.54) is 23.1 Å². The summed E-state index contributed by atoms with van der Waals surface area (Å²) in [6.45, 7) is 1.87. The average molecular weight is 378 g/mol. The Hall–Kier alpha value is -2.90. The summed E-state index contributed by atoms with van der Waals surface area (Å²) in [7, 11) is 0. The Morgan fingerprint density at radius 3 is 2.67 bits per heavy atom. The predicted octanol–water partition coefficient (Wildman–Crippen LogP) is 3.95. The molecular formula is C19H17F3N2O3. The lowest BCUT2D eigenvalue weighted by molar-refractivity contribution is -0.141. The second-order valence-corrected chi connectivity index (χ2v) is 6.26. The van der Waals surface area contributed by atoms with E-state index >= 15 is 0 Å². The van der Waals surface area contributed by atoms with Crippen LogP contribution >= 0.6 is 0 Å². The molecule has 0 spiro atoms. The maximum absolute atomic E-state index is 13.2. The number of hydrogen-bond donors (Lipinski definition) is 1. The van der Waals surface area contributed by atoms with Crippen LogP contribution in [0.15, 0.2) is 36.5 Å². The molecule has 1 heterocycles. The quantitative estimate of drug-likeness (QED) is 0.875. The van der Waals surface area contributed by atoms with E-state index in [1.54, 1.807) is 13.0 Å². The molecule has 1 atom stereocenters. The third-order valence-electron chi connectivity index (χ3n) is 4.72. The Kier molecular flexibility index (Phi) is 4.91. The van der Waals surface area contributed by atoms with Crippen molar-refractivity contribution in [3.05, 3.63) is 64.5 Å². The minimum absolute atomic E-state index is 0.0847. The summed E-state index contributed by atoms with van der Waals surface area (Å²) < 4.78 is 39.7. The molecule has 27 heavy (non-hydrogen) atoms. The van der Waals surface area contributed by atoms with Crippen molar-refractivity contribution in [2.24, 2.45) is 0 Å². The summed E-state index contributed by atoms with van der Waals surface area (Å²) in [5.74, 6) is -1.86. The molecule has 1 aliphatic rings. The van der Waals surface area contributed by atoms with Crippen LogP contribution < -0.4 is 0 Å². The summed E-state index contributed by atoms with van der Waals surface area (Å²) in [6, 6.07) is 6.62. The van der Waals surface area contributed by atoms with Gasteiger partial charge in [0.15, 0.2) is 5.69 Å². The molecular weight excluding hydrogens is 361 g/mol. The maximum atomic E-state index is 13.2. The Morgan fingerprint density at radius 1 is 1.30 bits per heavy atom. The number of carboxylic acids is 1. The third kappa shape index (κ3) is 3.51. The minimum atomic E-state index is -4.74. The highest BCUT2D eigenvalue weighted by Gasteiger charge is 2.39. The zero-order valence-electron chi connectivity index (χ0n) is 14.5. The van der Waals surface area contributed by atoms with Gasteiger partial charge >= 0.3 is 12.1 Å². The molecule has 3 rings (SSSR count). The monoisotopic (exact) mass is 378 g/mol. The van der Waals surface area contributed by atoms with Gasteiger partial charge in [0.1, 0.15) is 0 Å². The normalized spacial score (nSPS) is 16.1. The molecule has 142 valence electrons. The van der Waals surface area contributed by atoms with E-state index in [1.807, 2.05) is 0 Å². The highest BCUT2D eigenvalue weighted by atomic mass is 19.4. The fraction of sp³-hybridized carbons (Fsp3) is 0.316. The number of aryl methyl sites for hydroxylation is 1. The zero-order chi connectivity index (χ0) is 19.8. The molecule has 1 aromatic heterocycles. The predicted molar refractivity (Wildman–Crippen MR) is 90.4 cm³/mol.